The van der Waals surface area contributed by atoms with Crippen LogP contribution in [0.2, 0.25) is 5.02 Å². The molecule has 1 fully saturated rings. The average Bonchev–Trinajstić information content (AvgIpc) is 3.28. The lowest BCUT2D eigenvalue weighted by molar-refractivity contribution is 0.0946. The molecule has 6 nitrogen and oxygen atoms in total. The molecule has 0 aliphatic carbocycles. The first-order valence-electron chi connectivity index (χ1n) is 9.74. The number of carbonyl (C=O) groups excluding carboxylic acids is 1. The zero-order chi connectivity index (χ0) is 20.9. The first-order valence-corrected chi connectivity index (χ1v) is 11.0. The minimum absolute atomic E-state index is 0.172. The third-order valence-corrected chi connectivity index (χ3v) is 6.19. The number of halogens is 1. The van der Waals surface area contributed by atoms with Gasteiger partial charge in [0.25, 0.3) is 5.91 Å². The zero-order valence-electron chi connectivity index (χ0n) is 16.7. The van der Waals surface area contributed by atoms with Gasteiger partial charge in [-0.05, 0) is 42.0 Å². The van der Waals surface area contributed by atoms with Gasteiger partial charge in [0, 0.05) is 48.8 Å². The molecule has 4 rings (SSSR count). The van der Waals surface area contributed by atoms with Crippen molar-refractivity contribution in [1.29, 1.82) is 0 Å². The molecule has 2 aromatic carbocycles. The van der Waals surface area contributed by atoms with Crippen LogP contribution < -0.4 is 19.9 Å². The number of hydrogen-bond acceptors (Lipinski definition) is 6. The quantitative estimate of drug-likeness (QED) is 0.623. The number of ether oxygens (including phenoxy) is 1. The monoisotopic (exact) mass is 442 g/mol. The highest BCUT2D eigenvalue weighted by molar-refractivity contribution is 7.13. The molecule has 0 bridgehead atoms. The summed E-state index contributed by atoms with van der Waals surface area (Å²) in [5, 5.41) is 6.27. The third kappa shape index (κ3) is 4.86. The molecule has 1 aromatic heterocycles. The van der Waals surface area contributed by atoms with E-state index < -0.39 is 0 Å². The Morgan fingerprint density at radius 1 is 1.13 bits per heavy atom. The first-order chi connectivity index (χ1) is 14.6. The Balaban J connectivity index is 1.31. The van der Waals surface area contributed by atoms with Gasteiger partial charge in [0.05, 0.1) is 7.11 Å². The highest BCUT2D eigenvalue weighted by Crippen LogP contribution is 2.25. The summed E-state index contributed by atoms with van der Waals surface area (Å²) in [6.45, 7) is 3.96. The second-order valence-electron chi connectivity index (χ2n) is 7.00. The maximum Gasteiger partial charge on any atom is 0.271 e. The molecule has 0 unspecified atom stereocenters. The molecule has 1 aliphatic heterocycles. The lowest BCUT2D eigenvalue weighted by Crippen LogP contribution is -2.46. The number of amides is 1. The molecule has 3 aromatic rings. The summed E-state index contributed by atoms with van der Waals surface area (Å²) in [6.07, 6.45) is 0. The first kappa shape index (κ1) is 20.5. The second-order valence-corrected chi connectivity index (χ2v) is 8.27. The largest absolute Gasteiger partial charge is 0.497 e. The van der Waals surface area contributed by atoms with E-state index in [9.17, 15) is 4.79 Å². The smallest absolute Gasteiger partial charge is 0.271 e. The predicted octanol–water partition coefficient (Wildman–Crippen LogP) is 4.06. The Hall–Kier alpha value is -2.77. The van der Waals surface area contributed by atoms with E-state index in [4.69, 9.17) is 16.3 Å². The summed E-state index contributed by atoms with van der Waals surface area (Å²) in [4.78, 5) is 21.6. The van der Waals surface area contributed by atoms with Crippen LogP contribution >= 0.6 is 22.9 Å². The normalized spacial score (nSPS) is 13.9. The molecule has 30 heavy (non-hydrogen) atoms. The molecule has 156 valence electrons. The van der Waals surface area contributed by atoms with Crippen molar-refractivity contribution in [2.24, 2.45) is 0 Å². The van der Waals surface area contributed by atoms with Gasteiger partial charge in [-0.25, -0.2) is 4.98 Å². The van der Waals surface area contributed by atoms with Gasteiger partial charge in [0.2, 0.25) is 0 Å². The van der Waals surface area contributed by atoms with Gasteiger partial charge in [-0.1, -0.05) is 23.7 Å². The van der Waals surface area contributed by atoms with Crippen molar-refractivity contribution in [2.45, 2.75) is 6.54 Å². The highest BCUT2D eigenvalue weighted by Gasteiger charge is 2.21. The van der Waals surface area contributed by atoms with Crippen LogP contribution in [0.3, 0.4) is 0 Å². The highest BCUT2D eigenvalue weighted by atomic mass is 35.5. The van der Waals surface area contributed by atoms with Crippen molar-refractivity contribution in [2.75, 3.05) is 43.1 Å². The van der Waals surface area contributed by atoms with Crippen LogP contribution in [0.25, 0.3) is 0 Å². The number of nitrogens with one attached hydrogen (secondary N) is 1. The standard InChI is InChI=1S/C22H23ClN4O2S/c1-29-19-7-5-18(6-8-19)26-9-11-27(12-10-26)22-25-20(15-30-22)21(28)24-14-16-3-2-4-17(23)13-16/h2-8,13,15H,9-12,14H2,1H3,(H,24,28). The van der Waals surface area contributed by atoms with Gasteiger partial charge >= 0.3 is 0 Å². The van der Waals surface area contributed by atoms with Crippen LogP contribution in [-0.4, -0.2) is 44.2 Å². The minimum Gasteiger partial charge on any atom is -0.497 e. The summed E-state index contributed by atoms with van der Waals surface area (Å²) < 4.78 is 5.23. The van der Waals surface area contributed by atoms with Crippen LogP contribution in [0.15, 0.2) is 53.9 Å². The SMILES string of the molecule is COc1ccc(N2CCN(c3nc(C(=O)NCc4cccc(Cl)c4)cs3)CC2)cc1. The molecule has 2 heterocycles. The number of hydrogen-bond donors (Lipinski definition) is 1. The van der Waals surface area contributed by atoms with Gasteiger partial charge in [0.1, 0.15) is 11.4 Å². The van der Waals surface area contributed by atoms with E-state index in [1.54, 1.807) is 7.11 Å². The molecular formula is C22H23ClN4O2S. The number of thiazole rings is 1. The van der Waals surface area contributed by atoms with Gasteiger partial charge < -0.3 is 19.9 Å². The Labute approximate surface area is 185 Å². The lowest BCUT2D eigenvalue weighted by Gasteiger charge is -2.36. The number of methoxy groups -OCH3 is 1. The second kappa shape index (κ2) is 9.36. The molecule has 1 amide bonds. The molecule has 0 atom stereocenters. The van der Waals surface area contributed by atoms with Crippen LogP contribution in [-0.2, 0) is 6.54 Å². The van der Waals surface area contributed by atoms with Crippen LogP contribution in [0.4, 0.5) is 10.8 Å². The molecule has 0 saturated carbocycles. The van der Waals surface area contributed by atoms with Crippen LogP contribution in [0, 0.1) is 0 Å². The molecule has 0 radical (unpaired) electrons. The molecule has 8 heteroatoms. The average molecular weight is 443 g/mol. The number of nitrogens with zero attached hydrogens (tertiary/aromatic N) is 3. The molecular weight excluding hydrogens is 420 g/mol. The van der Waals surface area contributed by atoms with E-state index in [-0.39, 0.29) is 5.91 Å². The van der Waals surface area contributed by atoms with Gasteiger partial charge in [-0.15, -0.1) is 11.3 Å². The van der Waals surface area contributed by atoms with Crippen molar-refractivity contribution in [1.82, 2.24) is 10.3 Å². The summed E-state index contributed by atoms with van der Waals surface area (Å²) in [5.74, 6) is 0.690. The van der Waals surface area contributed by atoms with Crippen molar-refractivity contribution in [3.8, 4) is 5.75 Å². The summed E-state index contributed by atoms with van der Waals surface area (Å²) in [5.41, 5.74) is 2.60. The van der Waals surface area contributed by atoms with E-state index in [1.807, 2.05) is 41.8 Å². The van der Waals surface area contributed by atoms with Crippen LogP contribution in [0.1, 0.15) is 16.1 Å². The summed E-state index contributed by atoms with van der Waals surface area (Å²) in [7, 11) is 1.67. The van der Waals surface area contributed by atoms with Gasteiger partial charge in [-0.2, -0.15) is 0 Å². The predicted molar refractivity (Wildman–Crippen MR) is 122 cm³/mol. The van der Waals surface area contributed by atoms with Gasteiger partial charge in [0.15, 0.2) is 5.13 Å². The van der Waals surface area contributed by atoms with Crippen molar-refractivity contribution < 1.29 is 9.53 Å². The number of carbonyl (C=O) groups is 1. The number of anilines is 2. The topological polar surface area (TPSA) is 57.7 Å². The number of aromatic nitrogens is 1. The fraction of sp³-hybridized carbons (Fsp3) is 0.273. The maximum atomic E-state index is 12.5. The molecule has 1 saturated heterocycles. The third-order valence-electron chi connectivity index (χ3n) is 5.05. The lowest BCUT2D eigenvalue weighted by atomic mass is 10.2. The Kier molecular flexibility index (Phi) is 6.40. The summed E-state index contributed by atoms with van der Waals surface area (Å²) >= 11 is 7.50. The minimum atomic E-state index is -0.172. The number of benzene rings is 2. The van der Waals surface area contributed by atoms with Crippen molar-refractivity contribution >= 4 is 39.7 Å². The maximum absolute atomic E-state index is 12.5. The van der Waals surface area contributed by atoms with E-state index >= 15 is 0 Å². The van der Waals surface area contributed by atoms with E-state index in [2.05, 4.69) is 32.2 Å². The van der Waals surface area contributed by atoms with Crippen LogP contribution in [0.5, 0.6) is 5.75 Å². The zero-order valence-corrected chi connectivity index (χ0v) is 18.2. The Morgan fingerprint density at radius 3 is 2.57 bits per heavy atom. The molecule has 1 aliphatic rings. The van der Waals surface area contributed by atoms with Crippen molar-refractivity contribution in [3.05, 3.63) is 70.2 Å². The molecule has 0 spiro atoms. The molecule has 1 N–H and O–H groups in total. The fourth-order valence-electron chi connectivity index (χ4n) is 3.38. The van der Waals surface area contributed by atoms with Gasteiger partial charge in [-0.3, -0.25) is 4.79 Å². The Bertz CT molecular complexity index is 1000. The van der Waals surface area contributed by atoms with Crippen molar-refractivity contribution in [3.63, 3.8) is 0 Å². The van der Waals surface area contributed by atoms with E-state index in [0.717, 1.165) is 42.6 Å². The van der Waals surface area contributed by atoms with E-state index in [1.165, 1.54) is 17.0 Å². The van der Waals surface area contributed by atoms with E-state index in [0.29, 0.717) is 17.3 Å². The fourth-order valence-corrected chi connectivity index (χ4v) is 4.45. The number of piperazine rings is 1. The summed E-state index contributed by atoms with van der Waals surface area (Å²) in [6, 6.07) is 15.6. The number of rotatable bonds is 6. The Morgan fingerprint density at radius 2 is 1.87 bits per heavy atom.